The van der Waals surface area contributed by atoms with Crippen LogP contribution in [-0.4, -0.2) is 17.6 Å². The van der Waals surface area contributed by atoms with E-state index in [0.29, 0.717) is 12.8 Å². The Morgan fingerprint density at radius 3 is 2.53 bits per heavy atom. The highest BCUT2D eigenvalue weighted by molar-refractivity contribution is 6.05. The number of benzene rings is 1. The highest BCUT2D eigenvalue weighted by Crippen LogP contribution is 2.43. The monoisotopic (exact) mass is 241 g/mol. The first kappa shape index (κ1) is 10.5. The summed E-state index contributed by atoms with van der Waals surface area (Å²) in [6.07, 6.45) is -2.42. The van der Waals surface area contributed by atoms with E-state index >= 15 is 0 Å². The predicted octanol–water partition coefficient (Wildman–Crippen LogP) is 1.68. The second kappa shape index (κ2) is 2.95. The van der Waals surface area contributed by atoms with Crippen molar-refractivity contribution in [3.8, 4) is 11.5 Å². The number of alkyl halides is 2. The van der Waals surface area contributed by atoms with Gasteiger partial charge in [0, 0.05) is 5.56 Å². The SMILES string of the molecule is NC1(C(=O)c2ccc3c(c2)OC(F)(F)O3)CC1. The summed E-state index contributed by atoms with van der Waals surface area (Å²) >= 11 is 0. The number of hydrogen-bond acceptors (Lipinski definition) is 4. The second-order valence-corrected chi connectivity index (χ2v) is 4.31. The molecular weight excluding hydrogens is 232 g/mol. The lowest BCUT2D eigenvalue weighted by Crippen LogP contribution is -2.32. The Hall–Kier alpha value is -1.69. The van der Waals surface area contributed by atoms with E-state index < -0.39 is 11.8 Å². The van der Waals surface area contributed by atoms with Gasteiger partial charge in [0.05, 0.1) is 5.54 Å². The molecule has 0 bridgehead atoms. The number of nitrogens with two attached hydrogens (primary N) is 1. The van der Waals surface area contributed by atoms with Gasteiger partial charge in [-0.2, -0.15) is 0 Å². The van der Waals surface area contributed by atoms with Crippen molar-refractivity contribution >= 4 is 5.78 Å². The number of ether oxygens (including phenoxy) is 2. The molecule has 0 amide bonds. The zero-order chi connectivity index (χ0) is 12.3. The maximum atomic E-state index is 12.8. The molecule has 0 spiro atoms. The summed E-state index contributed by atoms with van der Waals surface area (Å²) in [5.41, 5.74) is 5.20. The third-order valence-corrected chi connectivity index (χ3v) is 2.90. The summed E-state index contributed by atoms with van der Waals surface area (Å²) in [4.78, 5) is 11.9. The molecule has 90 valence electrons. The Labute approximate surface area is 95.3 Å². The Kier molecular flexibility index (Phi) is 1.82. The van der Waals surface area contributed by atoms with Gasteiger partial charge in [-0.3, -0.25) is 4.79 Å². The normalized spacial score (nSPS) is 22.3. The predicted molar refractivity (Wildman–Crippen MR) is 53.1 cm³/mol. The van der Waals surface area contributed by atoms with E-state index in [1.54, 1.807) is 0 Å². The second-order valence-electron chi connectivity index (χ2n) is 4.31. The number of carbonyl (C=O) groups is 1. The molecule has 0 aromatic heterocycles. The van der Waals surface area contributed by atoms with Crippen molar-refractivity contribution < 1.29 is 23.0 Å². The molecule has 1 aromatic carbocycles. The molecule has 17 heavy (non-hydrogen) atoms. The molecule has 0 saturated heterocycles. The minimum absolute atomic E-state index is 0.0755. The molecule has 1 heterocycles. The maximum Gasteiger partial charge on any atom is 0.586 e. The molecule has 1 aliphatic carbocycles. The van der Waals surface area contributed by atoms with Crippen LogP contribution in [0.1, 0.15) is 23.2 Å². The van der Waals surface area contributed by atoms with Crippen molar-refractivity contribution in [2.24, 2.45) is 5.73 Å². The van der Waals surface area contributed by atoms with Gasteiger partial charge in [0.25, 0.3) is 0 Å². The van der Waals surface area contributed by atoms with Crippen molar-refractivity contribution in [1.82, 2.24) is 0 Å². The van der Waals surface area contributed by atoms with Gasteiger partial charge in [-0.1, -0.05) is 0 Å². The number of ketones is 1. The fourth-order valence-corrected chi connectivity index (χ4v) is 1.74. The van der Waals surface area contributed by atoms with Gasteiger partial charge in [0.15, 0.2) is 17.3 Å². The quantitative estimate of drug-likeness (QED) is 0.800. The van der Waals surface area contributed by atoms with Crippen molar-refractivity contribution in [3.63, 3.8) is 0 Å². The molecule has 2 N–H and O–H groups in total. The average molecular weight is 241 g/mol. The Morgan fingerprint density at radius 2 is 1.88 bits per heavy atom. The van der Waals surface area contributed by atoms with E-state index in [1.165, 1.54) is 18.2 Å². The van der Waals surface area contributed by atoms with Gasteiger partial charge in [-0.05, 0) is 31.0 Å². The molecule has 4 nitrogen and oxygen atoms in total. The zero-order valence-corrected chi connectivity index (χ0v) is 8.70. The van der Waals surface area contributed by atoms with E-state index in [1.807, 2.05) is 0 Å². The molecule has 0 radical (unpaired) electrons. The van der Waals surface area contributed by atoms with Crippen LogP contribution in [0.3, 0.4) is 0 Å². The van der Waals surface area contributed by atoms with E-state index in [4.69, 9.17) is 5.73 Å². The van der Waals surface area contributed by atoms with E-state index in [-0.39, 0.29) is 22.8 Å². The highest BCUT2D eigenvalue weighted by atomic mass is 19.3. The number of halogens is 2. The Morgan fingerprint density at radius 1 is 1.24 bits per heavy atom. The van der Waals surface area contributed by atoms with Crippen LogP contribution >= 0.6 is 0 Å². The standard InChI is InChI=1S/C11H9F2NO3/c12-11(13)16-7-2-1-6(5-8(7)17-11)9(15)10(14)3-4-10/h1-2,5H,3-4,14H2. The minimum atomic E-state index is -3.66. The average Bonchev–Trinajstić information content (AvgIpc) is 2.90. The molecule has 1 aromatic rings. The first-order valence-electron chi connectivity index (χ1n) is 5.13. The Bertz CT molecular complexity index is 511. The lowest BCUT2D eigenvalue weighted by molar-refractivity contribution is -0.286. The largest absolute Gasteiger partial charge is 0.586 e. The van der Waals surface area contributed by atoms with Gasteiger partial charge in [0.2, 0.25) is 0 Å². The van der Waals surface area contributed by atoms with Crippen LogP contribution in [0.25, 0.3) is 0 Å². The number of Topliss-reactive ketones (excluding diaryl/α,β-unsaturated/α-hetero) is 1. The number of fused-ring (bicyclic) bond motifs is 1. The van der Waals surface area contributed by atoms with Gasteiger partial charge in [-0.25, -0.2) is 0 Å². The fourth-order valence-electron chi connectivity index (χ4n) is 1.74. The molecular formula is C11H9F2NO3. The summed E-state index contributed by atoms with van der Waals surface area (Å²) in [6, 6.07) is 3.94. The highest BCUT2D eigenvalue weighted by Gasteiger charge is 2.47. The molecule has 3 rings (SSSR count). The maximum absolute atomic E-state index is 12.8. The minimum Gasteiger partial charge on any atom is -0.395 e. The fraction of sp³-hybridized carbons (Fsp3) is 0.364. The van der Waals surface area contributed by atoms with E-state index in [0.717, 1.165) is 0 Å². The van der Waals surface area contributed by atoms with Gasteiger partial charge in [-0.15, -0.1) is 8.78 Å². The first-order valence-corrected chi connectivity index (χ1v) is 5.13. The molecule has 0 atom stereocenters. The van der Waals surface area contributed by atoms with Crippen molar-refractivity contribution in [3.05, 3.63) is 23.8 Å². The van der Waals surface area contributed by atoms with Crippen LogP contribution in [-0.2, 0) is 0 Å². The summed E-state index contributed by atoms with van der Waals surface area (Å²) in [5, 5.41) is 0. The first-order chi connectivity index (χ1) is 7.90. The molecule has 0 unspecified atom stereocenters. The summed E-state index contributed by atoms with van der Waals surface area (Å²) in [5.74, 6) is -0.461. The van der Waals surface area contributed by atoms with Crippen LogP contribution in [0.2, 0.25) is 0 Å². The Balaban J connectivity index is 1.93. The smallest absolute Gasteiger partial charge is 0.395 e. The third-order valence-electron chi connectivity index (χ3n) is 2.90. The molecule has 6 heteroatoms. The van der Waals surface area contributed by atoms with Crippen molar-refractivity contribution in [2.45, 2.75) is 24.7 Å². The van der Waals surface area contributed by atoms with Crippen LogP contribution in [0.15, 0.2) is 18.2 Å². The van der Waals surface area contributed by atoms with Crippen molar-refractivity contribution in [1.29, 1.82) is 0 Å². The summed E-state index contributed by atoms with van der Waals surface area (Å²) in [6.45, 7) is 0. The van der Waals surface area contributed by atoms with Crippen LogP contribution in [0.4, 0.5) is 8.78 Å². The number of carbonyl (C=O) groups excluding carboxylic acids is 1. The van der Waals surface area contributed by atoms with Crippen LogP contribution in [0, 0.1) is 0 Å². The summed E-state index contributed by atoms with van der Waals surface area (Å²) < 4.78 is 34.0. The van der Waals surface area contributed by atoms with Gasteiger partial charge in [0.1, 0.15) is 0 Å². The zero-order valence-electron chi connectivity index (χ0n) is 8.70. The van der Waals surface area contributed by atoms with E-state index in [2.05, 4.69) is 9.47 Å². The van der Waals surface area contributed by atoms with Crippen LogP contribution < -0.4 is 15.2 Å². The van der Waals surface area contributed by atoms with Gasteiger partial charge >= 0.3 is 6.29 Å². The van der Waals surface area contributed by atoms with Gasteiger partial charge < -0.3 is 15.2 Å². The number of rotatable bonds is 2. The lowest BCUT2D eigenvalue weighted by Gasteiger charge is -2.07. The molecule has 1 fully saturated rings. The third kappa shape index (κ3) is 1.64. The van der Waals surface area contributed by atoms with Crippen molar-refractivity contribution in [2.75, 3.05) is 0 Å². The topological polar surface area (TPSA) is 61.6 Å². The van der Waals surface area contributed by atoms with E-state index in [9.17, 15) is 13.6 Å². The lowest BCUT2D eigenvalue weighted by atomic mass is 10.0. The molecule has 2 aliphatic rings. The summed E-state index contributed by atoms with van der Waals surface area (Å²) in [7, 11) is 0. The number of hydrogen-bond donors (Lipinski definition) is 1. The molecule has 1 saturated carbocycles. The van der Waals surface area contributed by atoms with Crippen LogP contribution in [0.5, 0.6) is 11.5 Å². The molecule has 1 aliphatic heterocycles.